The highest BCUT2D eigenvalue weighted by Crippen LogP contribution is 2.41. The molecular formula is C25H26F4N4O2S. The summed E-state index contributed by atoms with van der Waals surface area (Å²) in [6.45, 7) is 5.99. The van der Waals surface area contributed by atoms with Crippen molar-refractivity contribution in [3.05, 3.63) is 53.7 Å². The average Bonchev–Trinajstić information content (AvgIpc) is 3.04. The Morgan fingerprint density at radius 3 is 2.47 bits per heavy atom. The summed E-state index contributed by atoms with van der Waals surface area (Å²) in [6, 6.07) is 4.79. The van der Waals surface area contributed by atoms with Crippen molar-refractivity contribution in [3.63, 3.8) is 0 Å². The fourth-order valence-electron chi connectivity index (χ4n) is 4.38. The van der Waals surface area contributed by atoms with E-state index < -0.39 is 33.3 Å². The van der Waals surface area contributed by atoms with Crippen molar-refractivity contribution in [1.82, 2.24) is 14.3 Å². The Kier molecular flexibility index (Phi) is 6.64. The minimum atomic E-state index is -4.95. The first kappa shape index (κ1) is 26.1. The smallest absolute Gasteiger partial charge is 0.347 e. The Morgan fingerprint density at radius 2 is 1.92 bits per heavy atom. The Hall–Kier alpha value is -2.97. The summed E-state index contributed by atoms with van der Waals surface area (Å²) in [4.78, 5) is 3.95. The van der Waals surface area contributed by atoms with Crippen molar-refractivity contribution in [2.75, 3.05) is 0 Å². The van der Waals surface area contributed by atoms with Crippen LogP contribution in [-0.4, -0.2) is 29.4 Å². The van der Waals surface area contributed by atoms with Crippen LogP contribution in [0.3, 0.4) is 0 Å². The third kappa shape index (κ3) is 5.11. The van der Waals surface area contributed by atoms with Crippen LogP contribution in [0.4, 0.5) is 17.6 Å². The Morgan fingerprint density at radius 1 is 1.22 bits per heavy atom. The first-order valence-electron chi connectivity index (χ1n) is 11.5. The highest BCUT2D eigenvalue weighted by Gasteiger charge is 2.46. The molecule has 4 rings (SSSR count). The third-order valence-electron chi connectivity index (χ3n) is 6.26. The number of alkyl halides is 3. The van der Waals surface area contributed by atoms with E-state index in [-0.39, 0.29) is 39.7 Å². The molecular weight excluding hydrogens is 496 g/mol. The number of nitrogens with one attached hydrogen (secondary N) is 1. The molecule has 11 heteroatoms. The van der Waals surface area contributed by atoms with Crippen molar-refractivity contribution < 1.29 is 26.0 Å². The molecule has 2 aromatic heterocycles. The van der Waals surface area contributed by atoms with Crippen molar-refractivity contribution in [2.24, 2.45) is 5.41 Å². The number of rotatable bonds is 6. The lowest BCUT2D eigenvalue weighted by molar-refractivity contribution is -0.152. The van der Waals surface area contributed by atoms with Gasteiger partial charge in [0, 0.05) is 46.5 Å². The summed E-state index contributed by atoms with van der Waals surface area (Å²) in [7, 11) is -4.24. The zero-order chi connectivity index (χ0) is 26.5. The largest absolute Gasteiger partial charge is 0.408 e. The van der Waals surface area contributed by atoms with Crippen LogP contribution in [0.25, 0.3) is 22.0 Å². The van der Waals surface area contributed by atoms with Gasteiger partial charge in [-0.2, -0.15) is 23.2 Å². The lowest BCUT2D eigenvalue weighted by Crippen LogP contribution is -2.44. The Bertz CT molecular complexity index is 1450. The number of benzene rings is 1. The predicted octanol–water partition coefficient (Wildman–Crippen LogP) is 5.84. The van der Waals surface area contributed by atoms with Crippen LogP contribution in [0, 0.1) is 22.6 Å². The molecule has 0 unspecified atom stereocenters. The first-order chi connectivity index (χ1) is 16.7. The average molecular weight is 523 g/mol. The van der Waals surface area contributed by atoms with Gasteiger partial charge in [0.25, 0.3) is 0 Å². The molecule has 0 radical (unpaired) electrons. The number of nitriles is 1. The lowest BCUT2D eigenvalue weighted by atomic mass is 9.96. The van der Waals surface area contributed by atoms with E-state index in [9.17, 15) is 26.9 Å². The van der Waals surface area contributed by atoms with E-state index in [2.05, 4.69) is 4.98 Å². The molecule has 0 saturated heterocycles. The van der Waals surface area contributed by atoms with E-state index in [1.54, 1.807) is 4.57 Å². The minimum absolute atomic E-state index is 0.0190. The Labute approximate surface area is 207 Å². The van der Waals surface area contributed by atoms with E-state index in [1.165, 1.54) is 30.6 Å². The molecule has 1 atom stereocenters. The quantitative estimate of drug-likeness (QED) is 0.412. The van der Waals surface area contributed by atoms with E-state index in [0.29, 0.717) is 24.8 Å². The van der Waals surface area contributed by atoms with Crippen molar-refractivity contribution in [3.8, 4) is 17.2 Å². The molecule has 3 aromatic rings. The lowest BCUT2D eigenvalue weighted by Gasteiger charge is -2.29. The fraction of sp³-hybridized carbons (Fsp3) is 0.440. The van der Waals surface area contributed by atoms with Crippen LogP contribution in [-0.2, 0) is 16.6 Å². The van der Waals surface area contributed by atoms with Crippen LogP contribution >= 0.6 is 0 Å². The van der Waals surface area contributed by atoms with Crippen LogP contribution < -0.4 is 4.72 Å². The van der Waals surface area contributed by atoms with Crippen LogP contribution in [0.5, 0.6) is 0 Å². The van der Waals surface area contributed by atoms with Gasteiger partial charge in [-0.05, 0) is 42.5 Å². The van der Waals surface area contributed by atoms with Crippen molar-refractivity contribution in [2.45, 2.75) is 64.0 Å². The molecule has 1 aliphatic rings. The van der Waals surface area contributed by atoms with Crippen LogP contribution in [0.2, 0.25) is 0 Å². The molecule has 0 aliphatic heterocycles. The van der Waals surface area contributed by atoms with Gasteiger partial charge in [0.2, 0.25) is 10.0 Å². The van der Waals surface area contributed by atoms with Crippen LogP contribution in [0.15, 0.2) is 36.7 Å². The van der Waals surface area contributed by atoms with E-state index in [4.69, 9.17) is 0 Å². The van der Waals surface area contributed by atoms with E-state index >= 15 is 4.39 Å². The summed E-state index contributed by atoms with van der Waals surface area (Å²) in [6.07, 6.45) is -1.08. The molecule has 1 aliphatic carbocycles. The SMILES string of the molecule is CC(C)(C)Cn1cc([C@H](NS(=O)(=O)C2CCC2)C(F)(F)F)c2cc(F)c(-c3cccnc3C#N)cc21. The zero-order valence-electron chi connectivity index (χ0n) is 20.0. The number of sulfonamides is 1. The molecule has 2 heterocycles. The standard InChI is InChI=1S/C25H26F4N4O2S/c1-24(2,3)14-33-13-19(23(25(27,28)29)32-36(34,35)15-6-4-7-15)18-10-20(26)17(11-22(18)33)16-8-5-9-31-21(16)12-30/h5,8-11,13,15,23,32H,4,6-7,14H2,1-3H3/t23-/m0/s1. The summed E-state index contributed by atoms with van der Waals surface area (Å²) in [5.41, 5.74) is -0.231. The molecule has 0 amide bonds. The second-order valence-electron chi connectivity index (χ2n) is 10.3. The first-order valence-corrected chi connectivity index (χ1v) is 13.0. The highest BCUT2D eigenvalue weighted by atomic mass is 32.2. The topological polar surface area (TPSA) is 87.8 Å². The Balaban J connectivity index is 1.94. The summed E-state index contributed by atoms with van der Waals surface area (Å²) < 4.78 is 86.9. The zero-order valence-corrected chi connectivity index (χ0v) is 20.8. The molecule has 0 bridgehead atoms. The van der Waals surface area contributed by atoms with Gasteiger partial charge in [0.1, 0.15) is 23.6 Å². The summed E-state index contributed by atoms with van der Waals surface area (Å²) >= 11 is 0. The number of nitrogens with zero attached hydrogens (tertiary/aromatic N) is 3. The number of hydrogen-bond donors (Lipinski definition) is 1. The van der Waals surface area contributed by atoms with Gasteiger partial charge >= 0.3 is 6.18 Å². The number of halogens is 4. The van der Waals surface area contributed by atoms with Crippen LogP contribution in [0.1, 0.15) is 57.3 Å². The van der Waals surface area contributed by atoms with E-state index in [1.807, 2.05) is 31.6 Å². The number of pyridine rings is 1. The number of hydrogen-bond acceptors (Lipinski definition) is 4. The molecule has 1 saturated carbocycles. The van der Waals surface area contributed by atoms with Gasteiger partial charge in [-0.25, -0.2) is 17.8 Å². The molecule has 1 fully saturated rings. The molecule has 1 aromatic carbocycles. The van der Waals surface area contributed by atoms with Gasteiger partial charge in [0.05, 0.1) is 5.25 Å². The summed E-state index contributed by atoms with van der Waals surface area (Å²) in [5.74, 6) is -0.843. The maximum atomic E-state index is 15.4. The summed E-state index contributed by atoms with van der Waals surface area (Å²) in [5, 5.41) is 8.48. The molecule has 6 nitrogen and oxygen atoms in total. The monoisotopic (exact) mass is 522 g/mol. The number of aromatic nitrogens is 2. The van der Waals surface area contributed by atoms with Gasteiger partial charge < -0.3 is 4.57 Å². The second-order valence-corrected chi connectivity index (χ2v) is 12.3. The van der Waals surface area contributed by atoms with Gasteiger partial charge in [-0.15, -0.1) is 0 Å². The fourth-order valence-corrected chi connectivity index (χ4v) is 6.11. The van der Waals surface area contributed by atoms with Gasteiger partial charge in [0.15, 0.2) is 0 Å². The van der Waals surface area contributed by atoms with Crippen molar-refractivity contribution >= 4 is 20.9 Å². The van der Waals surface area contributed by atoms with Crippen molar-refractivity contribution in [1.29, 1.82) is 5.26 Å². The molecule has 1 N–H and O–H groups in total. The van der Waals surface area contributed by atoms with E-state index in [0.717, 1.165) is 6.07 Å². The predicted molar refractivity (Wildman–Crippen MR) is 128 cm³/mol. The highest BCUT2D eigenvalue weighted by molar-refractivity contribution is 7.90. The third-order valence-corrected chi connectivity index (χ3v) is 8.17. The maximum absolute atomic E-state index is 15.4. The normalized spacial score (nSPS) is 16.1. The molecule has 36 heavy (non-hydrogen) atoms. The minimum Gasteiger partial charge on any atom is -0.347 e. The van der Waals surface area contributed by atoms with Gasteiger partial charge in [-0.3, -0.25) is 0 Å². The number of fused-ring (bicyclic) bond motifs is 1. The second kappa shape index (κ2) is 9.16. The molecule has 192 valence electrons. The maximum Gasteiger partial charge on any atom is 0.408 e. The van der Waals surface area contributed by atoms with Gasteiger partial charge in [-0.1, -0.05) is 27.2 Å². The molecule has 0 spiro atoms.